The number of carbonyl (C=O) groups excluding carboxylic acids is 1. The predicted octanol–water partition coefficient (Wildman–Crippen LogP) is 1.93. The quantitative estimate of drug-likeness (QED) is 0.641. The maximum absolute atomic E-state index is 11.7. The lowest BCUT2D eigenvalue weighted by Gasteiger charge is -2.37. The molecule has 0 atom stereocenters. The molecule has 1 aliphatic heterocycles. The average Bonchev–Trinajstić information content (AvgIpc) is 2.55. The highest BCUT2D eigenvalue weighted by molar-refractivity contribution is 6.02. The van der Waals surface area contributed by atoms with Crippen LogP contribution in [0, 0.1) is 0 Å². The Labute approximate surface area is 137 Å². The molecule has 0 bridgehead atoms. The van der Waals surface area contributed by atoms with Crippen LogP contribution in [0.25, 0.3) is 0 Å². The first-order chi connectivity index (χ1) is 11.0. The number of benzene rings is 1. The highest BCUT2D eigenvalue weighted by Crippen LogP contribution is 2.37. The lowest BCUT2D eigenvalue weighted by molar-refractivity contribution is -0.111. The molecule has 0 spiro atoms. The lowest BCUT2D eigenvalue weighted by Crippen LogP contribution is -2.42. The molecule has 1 amide bonds. The van der Waals surface area contributed by atoms with Gasteiger partial charge in [0.2, 0.25) is 5.91 Å². The Hall–Kier alpha value is -2.21. The number of ether oxygens (including phenoxy) is 1. The third kappa shape index (κ3) is 3.96. The minimum atomic E-state index is -0.251. The molecule has 3 N–H and O–H groups in total. The first-order valence-electron chi connectivity index (χ1n) is 7.78. The van der Waals surface area contributed by atoms with E-state index in [2.05, 4.69) is 35.8 Å². The first kappa shape index (κ1) is 17.1. The molecule has 0 unspecified atom stereocenters. The maximum atomic E-state index is 11.7. The minimum absolute atomic E-state index is 0.251. The smallest absolute Gasteiger partial charge is 0.247 e. The Morgan fingerprint density at radius 2 is 2.09 bits per heavy atom. The van der Waals surface area contributed by atoms with E-state index in [0.717, 1.165) is 31.6 Å². The normalized spacial score (nSPS) is 15.6. The predicted molar refractivity (Wildman–Crippen MR) is 95.2 cm³/mol. The maximum Gasteiger partial charge on any atom is 0.247 e. The van der Waals surface area contributed by atoms with E-state index in [4.69, 9.17) is 10.5 Å². The van der Waals surface area contributed by atoms with E-state index < -0.39 is 0 Å². The van der Waals surface area contributed by atoms with E-state index in [1.807, 2.05) is 6.07 Å². The van der Waals surface area contributed by atoms with Crippen LogP contribution in [0.2, 0.25) is 0 Å². The average molecular weight is 318 g/mol. The highest BCUT2D eigenvalue weighted by atomic mass is 16.5. The van der Waals surface area contributed by atoms with Crippen molar-refractivity contribution in [3.63, 3.8) is 0 Å². The SMILES string of the molecule is C=CC(=O)Nc1cc(N)c(OC)cc1N1CCC(N(C)C)CC1. The number of nitrogens with zero attached hydrogens (tertiary/aromatic N) is 2. The summed E-state index contributed by atoms with van der Waals surface area (Å²) in [6, 6.07) is 4.23. The van der Waals surface area contributed by atoms with Crippen LogP contribution >= 0.6 is 0 Å². The monoisotopic (exact) mass is 318 g/mol. The summed E-state index contributed by atoms with van der Waals surface area (Å²) in [7, 11) is 5.82. The van der Waals surface area contributed by atoms with Crippen molar-refractivity contribution >= 4 is 23.0 Å². The summed E-state index contributed by atoms with van der Waals surface area (Å²) in [6.45, 7) is 5.34. The van der Waals surface area contributed by atoms with Crippen molar-refractivity contribution in [2.24, 2.45) is 0 Å². The van der Waals surface area contributed by atoms with Gasteiger partial charge in [-0.2, -0.15) is 0 Å². The van der Waals surface area contributed by atoms with Gasteiger partial charge in [0.05, 0.1) is 24.2 Å². The molecule has 1 heterocycles. The van der Waals surface area contributed by atoms with Crippen LogP contribution in [0.5, 0.6) is 5.75 Å². The minimum Gasteiger partial charge on any atom is -0.495 e. The van der Waals surface area contributed by atoms with Crippen molar-refractivity contribution in [3.8, 4) is 5.75 Å². The summed E-state index contributed by atoms with van der Waals surface area (Å²) in [6.07, 6.45) is 3.41. The molecule has 126 valence electrons. The van der Waals surface area contributed by atoms with Crippen LogP contribution in [-0.2, 0) is 4.79 Å². The summed E-state index contributed by atoms with van der Waals surface area (Å²) >= 11 is 0. The summed E-state index contributed by atoms with van der Waals surface area (Å²) in [5.74, 6) is 0.366. The zero-order valence-electron chi connectivity index (χ0n) is 14.1. The third-order valence-corrected chi connectivity index (χ3v) is 4.33. The van der Waals surface area contributed by atoms with Crippen molar-refractivity contribution in [2.75, 3.05) is 50.2 Å². The van der Waals surface area contributed by atoms with E-state index in [9.17, 15) is 4.79 Å². The number of rotatable bonds is 5. The molecule has 2 rings (SSSR count). The molecule has 6 nitrogen and oxygen atoms in total. The van der Waals surface area contributed by atoms with Crippen molar-refractivity contribution in [1.82, 2.24) is 4.90 Å². The Kier molecular flexibility index (Phi) is 5.50. The molecule has 1 aromatic carbocycles. The van der Waals surface area contributed by atoms with Gasteiger partial charge in [0.15, 0.2) is 0 Å². The number of hydrogen-bond acceptors (Lipinski definition) is 5. The topological polar surface area (TPSA) is 70.8 Å². The molecular weight excluding hydrogens is 292 g/mol. The van der Waals surface area contributed by atoms with Gasteiger partial charge in [-0.25, -0.2) is 0 Å². The molecule has 23 heavy (non-hydrogen) atoms. The Morgan fingerprint density at radius 3 is 2.61 bits per heavy atom. The fourth-order valence-corrected chi connectivity index (χ4v) is 2.93. The number of nitrogen functional groups attached to an aromatic ring is 1. The summed E-state index contributed by atoms with van der Waals surface area (Å²) < 4.78 is 5.33. The molecule has 0 aromatic heterocycles. The van der Waals surface area contributed by atoms with Crippen molar-refractivity contribution in [2.45, 2.75) is 18.9 Å². The second-order valence-corrected chi connectivity index (χ2v) is 5.99. The lowest BCUT2D eigenvalue weighted by atomic mass is 10.0. The summed E-state index contributed by atoms with van der Waals surface area (Å²) in [4.78, 5) is 16.2. The number of amides is 1. The van der Waals surface area contributed by atoms with Crippen molar-refractivity contribution in [3.05, 3.63) is 24.8 Å². The molecule has 1 aromatic rings. The number of hydrogen-bond donors (Lipinski definition) is 2. The second kappa shape index (κ2) is 7.37. The van der Waals surface area contributed by atoms with E-state index in [1.54, 1.807) is 13.2 Å². The fraction of sp³-hybridized carbons (Fsp3) is 0.471. The molecule has 1 saturated heterocycles. The van der Waals surface area contributed by atoms with Crippen LogP contribution in [0.1, 0.15) is 12.8 Å². The molecule has 1 aliphatic rings. The fourth-order valence-electron chi connectivity index (χ4n) is 2.93. The van der Waals surface area contributed by atoms with Gasteiger partial charge >= 0.3 is 0 Å². The zero-order valence-corrected chi connectivity index (χ0v) is 14.1. The zero-order chi connectivity index (χ0) is 17.0. The number of methoxy groups -OCH3 is 1. The van der Waals surface area contributed by atoms with Gasteiger partial charge in [-0.1, -0.05) is 6.58 Å². The first-order valence-corrected chi connectivity index (χ1v) is 7.78. The number of nitrogens with one attached hydrogen (secondary N) is 1. The van der Waals surface area contributed by atoms with Crippen LogP contribution in [0.3, 0.4) is 0 Å². The number of piperidine rings is 1. The molecule has 1 fully saturated rings. The Bertz CT molecular complexity index is 578. The standard InChI is InChI=1S/C17H26N4O2/c1-5-17(22)19-14-10-13(18)16(23-4)11-15(14)21-8-6-12(7-9-21)20(2)3/h5,10-12H,1,6-9,18H2,2-4H3,(H,19,22). The van der Waals surface area contributed by atoms with Gasteiger partial charge in [-0.15, -0.1) is 0 Å². The van der Waals surface area contributed by atoms with Crippen molar-refractivity contribution in [1.29, 1.82) is 0 Å². The molecule has 0 saturated carbocycles. The summed E-state index contributed by atoms with van der Waals surface area (Å²) in [5, 5.41) is 2.84. The molecular formula is C17H26N4O2. The number of anilines is 3. The van der Waals surface area contributed by atoms with Gasteiger partial charge in [0.1, 0.15) is 5.75 Å². The van der Waals surface area contributed by atoms with E-state index in [1.165, 1.54) is 6.08 Å². The molecule has 6 heteroatoms. The van der Waals surface area contributed by atoms with Crippen molar-refractivity contribution < 1.29 is 9.53 Å². The van der Waals surface area contributed by atoms with Gasteiger partial charge in [-0.3, -0.25) is 4.79 Å². The highest BCUT2D eigenvalue weighted by Gasteiger charge is 2.23. The van der Waals surface area contributed by atoms with Crippen LogP contribution < -0.4 is 20.7 Å². The number of nitrogens with two attached hydrogens (primary N) is 1. The van der Waals surface area contributed by atoms with Crippen LogP contribution in [0.15, 0.2) is 24.8 Å². The van der Waals surface area contributed by atoms with Gasteiger partial charge in [-0.05, 0) is 39.1 Å². The van der Waals surface area contributed by atoms with Gasteiger partial charge in [0, 0.05) is 25.2 Å². The van der Waals surface area contributed by atoms with Crippen LogP contribution in [0.4, 0.5) is 17.1 Å². The van der Waals surface area contributed by atoms with Gasteiger partial charge in [0.25, 0.3) is 0 Å². The van der Waals surface area contributed by atoms with E-state index in [0.29, 0.717) is 23.2 Å². The largest absolute Gasteiger partial charge is 0.495 e. The Morgan fingerprint density at radius 1 is 1.43 bits per heavy atom. The third-order valence-electron chi connectivity index (χ3n) is 4.33. The second-order valence-electron chi connectivity index (χ2n) is 5.99. The van der Waals surface area contributed by atoms with Gasteiger partial charge < -0.3 is 25.6 Å². The summed E-state index contributed by atoms with van der Waals surface area (Å²) in [5.41, 5.74) is 8.11. The molecule has 0 radical (unpaired) electrons. The van der Waals surface area contributed by atoms with E-state index in [-0.39, 0.29) is 5.91 Å². The number of carbonyl (C=O) groups is 1. The molecule has 0 aliphatic carbocycles. The van der Waals surface area contributed by atoms with E-state index >= 15 is 0 Å². The Balaban J connectivity index is 2.28. The van der Waals surface area contributed by atoms with Crippen LogP contribution in [-0.4, -0.2) is 51.1 Å².